The number of carboxylic acid groups (broad SMARTS) is 1. The van der Waals surface area contributed by atoms with Gasteiger partial charge in [-0.25, -0.2) is 0 Å². The van der Waals surface area contributed by atoms with Crippen molar-refractivity contribution >= 4 is 5.97 Å². The predicted octanol–water partition coefficient (Wildman–Crippen LogP) is 3.07. The maximum absolute atomic E-state index is 10.4. The van der Waals surface area contributed by atoms with Crippen molar-refractivity contribution in [2.24, 2.45) is 23.7 Å². The molecule has 2 fully saturated rings. The van der Waals surface area contributed by atoms with E-state index in [1.807, 2.05) is 0 Å². The number of carboxylic acids is 1. The molecule has 18 heavy (non-hydrogen) atoms. The van der Waals surface area contributed by atoms with Crippen molar-refractivity contribution in [2.45, 2.75) is 57.8 Å². The maximum atomic E-state index is 10.4. The molecule has 2 aliphatic carbocycles. The topological polar surface area (TPSA) is 57.5 Å². The molecule has 2 N–H and O–H groups in total. The molecular weight excluding hydrogens is 228 g/mol. The van der Waals surface area contributed by atoms with Crippen molar-refractivity contribution < 1.29 is 15.0 Å². The van der Waals surface area contributed by atoms with Crippen LogP contribution in [0, 0.1) is 23.7 Å². The SMILES string of the molecule is O=C(O)CCCCCC[C@H]1[C@H]2CC[C@H](C2)[C@H]1CO. The highest BCUT2D eigenvalue weighted by atomic mass is 16.4. The molecule has 4 atom stereocenters. The van der Waals surface area contributed by atoms with Crippen molar-refractivity contribution in [2.75, 3.05) is 6.61 Å². The van der Waals surface area contributed by atoms with Crippen LogP contribution < -0.4 is 0 Å². The van der Waals surface area contributed by atoms with Crippen LogP contribution in [0.3, 0.4) is 0 Å². The number of hydrogen-bond acceptors (Lipinski definition) is 2. The minimum atomic E-state index is -0.677. The predicted molar refractivity (Wildman–Crippen MR) is 70.2 cm³/mol. The van der Waals surface area contributed by atoms with E-state index < -0.39 is 5.97 Å². The van der Waals surface area contributed by atoms with Gasteiger partial charge in [0.05, 0.1) is 0 Å². The summed E-state index contributed by atoms with van der Waals surface area (Å²) < 4.78 is 0. The average molecular weight is 254 g/mol. The fourth-order valence-corrected chi connectivity index (χ4v) is 4.27. The van der Waals surface area contributed by atoms with Gasteiger partial charge in [-0.2, -0.15) is 0 Å². The Hall–Kier alpha value is -0.570. The number of aliphatic hydroxyl groups is 1. The highest BCUT2D eigenvalue weighted by Gasteiger charge is 2.46. The number of rotatable bonds is 8. The summed E-state index contributed by atoms with van der Waals surface area (Å²) >= 11 is 0. The van der Waals surface area contributed by atoms with E-state index in [-0.39, 0.29) is 0 Å². The molecular formula is C15H26O3. The van der Waals surface area contributed by atoms with E-state index in [1.54, 1.807) is 0 Å². The molecule has 2 rings (SSSR count). The summed E-state index contributed by atoms with van der Waals surface area (Å²) in [5.74, 6) is 2.34. The number of hydrogen-bond donors (Lipinski definition) is 2. The number of aliphatic hydroxyl groups excluding tert-OH is 1. The quantitative estimate of drug-likeness (QED) is 0.654. The number of carbonyl (C=O) groups is 1. The Kier molecular flexibility index (Phi) is 5.04. The Morgan fingerprint density at radius 1 is 1.00 bits per heavy atom. The van der Waals surface area contributed by atoms with E-state index >= 15 is 0 Å². The van der Waals surface area contributed by atoms with Gasteiger partial charge in [-0.3, -0.25) is 4.79 Å². The molecule has 3 heteroatoms. The normalized spacial score (nSPS) is 34.1. The lowest BCUT2D eigenvalue weighted by Gasteiger charge is -2.29. The number of unbranched alkanes of at least 4 members (excludes halogenated alkanes) is 3. The molecule has 0 aromatic rings. The molecule has 0 spiro atoms. The van der Waals surface area contributed by atoms with Gasteiger partial charge in [-0.15, -0.1) is 0 Å². The number of fused-ring (bicyclic) bond motifs is 2. The Balaban J connectivity index is 1.60. The lowest BCUT2D eigenvalue weighted by Crippen LogP contribution is -2.25. The third kappa shape index (κ3) is 3.25. The Morgan fingerprint density at radius 3 is 2.33 bits per heavy atom. The van der Waals surface area contributed by atoms with Gasteiger partial charge in [0, 0.05) is 13.0 Å². The Labute approximate surface area is 110 Å². The second-order valence-electron chi connectivity index (χ2n) is 6.19. The van der Waals surface area contributed by atoms with Gasteiger partial charge >= 0.3 is 5.97 Å². The van der Waals surface area contributed by atoms with Crippen molar-refractivity contribution in [1.29, 1.82) is 0 Å². The van der Waals surface area contributed by atoms with Crippen LogP contribution >= 0.6 is 0 Å². The van der Waals surface area contributed by atoms with E-state index in [9.17, 15) is 9.90 Å². The van der Waals surface area contributed by atoms with Crippen LogP contribution in [0.5, 0.6) is 0 Å². The largest absolute Gasteiger partial charge is 0.481 e. The van der Waals surface area contributed by atoms with Crippen molar-refractivity contribution in [3.63, 3.8) is 0 Å². The van der Waals surface area contributed by atoms with Crippen LogP contribution in [0.25, 0.3) is 0 Å². The van der Waals surface area contributed by atoms with Crippen molar-refractivity contribution in [3.8, 4) is 0 Å². The zero-order valence-electron chi connectivity index (χ0n) is 11.2. The average Bonchev–Trinajstić information content (AvgIpc) is 2.93. The summed E-state index contributed by atoms with van der Waals surface area (Å²) in [4.78, 5) is 10.4. The smallest absolute Gasteiger partial charge is 0.303 e. The third-order valence-corrected chi connectivity index (χ3v) is 5.16. The molecule has 0 heterocycles. The first-order chi connectivity index (χ1) is 8.72. The molecule has 0 amide bonds. The zero-order valence-corrected chi connectivity index (χ0v) is 11.2. The third-order valence-electron chi connectivity index (χ3n) is 5.16. The molecule has 2 saturated carbocycles. The molecule has 0 aliphatic heterocycles. The first kappa shape index (κ1) is 13.9. The van der Waals surface area contributed by atoms with Gasteiger partial charge in [0.2, 0.25) is 0 Å². The van der Waals surface area contributed by atoms with Crippen LogP contribution in [0.2, 0.25) is 0 Å². The van der Waals surface area contributed by atoms with E-state index in [0.29, 0.717) is 18.9 Å². The van der Waals surface area contributed by atoms with E-state index in [4.69, 9.17) is 5.11 Å². The van der Waals surface area contributed by atoms with Gasteiger partial charge in [0.25, 0.3) is 0 Å². The molecule has 104 valence electrons. The molecule has 0 saturated heterocycles. The fraction of sp³-hybridized carbons (Fsp3) is 0.933. The lowest BCUT2D eigenvalue weighted by atomic mass is 9.77. The monoisotopic (exact) mass is 254 g/mol. The molecule has 0 unspecified atom stereocenters. The fourth-order valence-electron chi connectivity index (χ4n) is 4.27. The summed E-state index contributed by atoms with van der Waals surface area (Å²) in [6, 6.07) is 0. The van der Waals surface area contributed by atoms with Gasteiger partial charge in [0.15, 0.2) is 0 Å². The van der Waals surface area contributed by atoms with Crippen LogP contribution in [-0.4, -0.2) is 22.8 Å². The highest BCUT2D eigenvalue weighted by molar-refractivity contribution is 5.66. The molecule has 0 radical (unpaired) electrons. The van der Waals surface area contributed by atoms with E-state index in [0.717, 1.165) is 37.0 Å². The van der Waals surface area contributed by atoms with Crippen LogP contribution in [0.4, 0.5) is 0 Å². The number of aliphatic carboxylic acids is 1. The molecule has 0 aromatic carbocycles. The Morgan fingerprint density at radius 2 is 1.67 bits per heavy atom. The first-order valence-electron chi connectivity index (χ1n) is 7.55. The standard InChI is InChI=1S/C15H26O3/c16-10-14-12-8-7-11(9-12)13(14)5-3-1-2-4-6-15(17)18/h11-14,16H,1-10H2,(H,17,18)/t11-,12+,13-,14+/m0/s1. The first-order valence-corrected chi connectivity index (χ1v) is 7.55. The van der Waals surface area contributed by atoms with Crippen LogP contribution in [-0.2, 0) is 4.79 Å². The second kappa shape index (κ2) is 6.55. The summed E-state index contributed by atoms with van der Waals surface area (Å²) in [7, 11) is 0. The van der Waals surface area contributed by atoms with E-state index in [2.05, 4.69) is 0 Å². The van der Waals surface area contributed by atoms with Crippen molar-refractivity contribution in [3.05, 3.63) is 0 Å². The molecule has 2 bridgehead atoms. The molecule has 0 aromatic heterocycles. The van der Waals surface area contributed by atoms with Crippen LogP contribution in [0.1, 0.15) is 57.8 Å². The molecule has 3 nitrogen and oxygen atoms in total. The maximum Gasteiger partial charge on any atom is 0.303 e. The van der Waals surface area contributed by atoms with Crippen LogP contribution in [0.15, 0.2) is 0 Å². The van der Waals surface area contributed by atoms with E-state index in [1.165, 1.54) is 32.1 Å². The summed E-state index contributed by atoms with van der Waals surface area (Å²) in [5.41, 5.74) is 0. The second-order valence-corrected chi connectivity index (χ2v) is 6.19. The van der Waals surface area contributed by atoms with Crippen molar-refractivity contribution in [1.82, 2.24) is 0 Å². The lowest BCUT2D eigenvalue weighted by molar-refractivity contribution is -0.137. The summed E-state index contributed by atoms with van der Waals surface area (Å²) in [6.45, 7) is 0.380. The molecule has 2 aliphatic rings. The highest BCUT2D eigenvalue weighted by Crippen LogP contribution is 2.53. The summed E-state index contributed by atoms with van der Waals surface area (Å²) in [5, 5.41) is 18.0. The minimum absolute atomic E-state index is 0.313. The Bertz CT molecular complexity index is 277. The minimum Gasteiger partial charge on any atom is -0.481 e. The van der Waals surface area contributed by atoms with Gasteiger partial charge < -0.3 is 10.2 Å². The van der Waals surface area contributed by atoms with Gasteiger partial charge in [-0.1, -0.05) is 19.3 Å². The summed E-state index contributed by atoms with van der Waals surface area (Å²) in [6.07, 6.45) is 9.85. The van der Waals surface area contributed by atoms with Gasteiger partial charge in [0.1, 0.15) is 0 Å². The van der Waals surface area contributed by atoms with Gasteiger partial charge in [-0.05, 0) is 55.8 Å². The zero-order chi connectivity index (χ0) is 13.0.